The normalized spacial score (nSPS) is 24.3. The lowest BCUT2D eigenvalue weighted by Gasteiger charge is -2.10. The van der Waals surface area contributed by atoms with Crippen LogP contribution in [0.3, 0.4) is 0 Å². The number of hydrogen-bond donors (Lipinski definition) is 1. The first-order valence-electron chi connectivity index (χ1n) is 5.92. The van der Waals surface area contributed by atoms with E-state index in [1.54, 1.807) is 12.5 Å². The van der Waals surface area contributed by atoms with Crippen molar-refractivity contribution in [1.29, 1.82) is 0 Å². The zero-order valence-corrected chi connectivity index (χ0v) is 9.53. The van der Waals surface area contributed by atoms with E-state index < -0.39 is 0 Å². The molecule has 0 spiro atoms. The molecule has 3 atom stereocenters. The van der Waals surface area contributed by atoms with Gasteiger partial charge < -0.3 is 5.73 Å². The van der Waals surface area contributed by atoms with Crippen molar-refractivity contribution >= 4 is 0 Å². The van der Waals surface area contributed by atoms with Crippen molar-refractivity contribution in [2.45, 2.75) is 18.4 Å². The second-order valence-electron chi connectivity index (χ2n) is 4.58. The summed E-state index contributed by atoms with van der Waals surface area (Å²) in [6, 6.07) is 12.5. The summed E-state index contributed by atoms with van der Waals surface area (Å²) >= 11 is 0. The second kappa shape index (κ2) is 4.26. The minimum Gasteiger partial charge on any atom is -0.322 e. The molecule has 86 valence electrons. The van der Waals surface area contributed by atoms with Crippen LogP contribution in [-0.2, 0) is 0 Å². The van der Waals surface area contributed by atoms with E-state index in [2.05, 4.69) is 34.2 Å². The third-order valence-electron chi connectivity index (χ3n) is 3.48. The molecule has 0 bridgehead atoms. The van der Waals surface area contributed by atoms with E-state index in [0.29, 0.717) is 11.8 Å². The predicted molar refractivity (Wildman–Crippen MR) is 66.3 cm³/mol. The Balaban J connectivity index is 1.73. The van der Waals surface area contributed by atoms with Gasteiger partial charge in [0.1, 0.15) is 6.33 Å². The summed E-state index contributed by atoms with van der Waals surface area (Å²) in [7, 11) is 0. The van der Waals surface area contributed by atoms with Crippen molar-refractivity contribution in [3.8, 4) is 0 Å². The fourth-order valence-corrected chi connectivity index (χ4v) is 2.41. The van der Waals surface area contributed by atoms with E-state index in [0.717, 1.165) is 12.1 Å². The molecule has 0 amide bonds. The third-order valence-corrected chi connectivity index (χ3v) is 3.48. The predicted octanol–water partition coefficient (Wildman–Crippen LogP) is 2.28. The highest BCUT2D eigenvalue weighted by Gasteiger charge is 2.43. The zero-order chi connectivity index (χ0) is 11.7. The van der Waals surface area contributed by atoms with E-state index in [-0.39, 0.29) is 6.04 Å². The third kappa shape index (κ3) is 2.06. The summed E-state index contributed by atoms with van der Waals surface area (Å²) in [6.45, 7) is 0. The molecule has 3 unspecified atom stereocenters. The first kappa shape index (κ1) is 10.4. The van der Waals surface area contributed by atoms with Crippen LogP contribution in [0, 0.1) is 5.92 Å². The van der Waals surface area contributed by atoms with Crippen LogP contribution in [0.1, 0.15) is 29.6 Å². The van der Waals surface area contributed by atoms with Crippen LogP contribution >= 0.6 is 0 Å². The van der Waals surface area contributed by atoms with Gasteiger partial charge in [0.25, 0.3) is 0 Å². The van der Waals surface area contributed by atoms with Crippen LogP contribution in [0.5, 0.6) is 0 Å². The van der Waals surface area contributed by atoms with Crippen molar-refractivity contribution in [3.63, 3.8) is 0 Å². The van der Waals surface area contributed by atoms with Crippen LogP contribution in [0.4, 0.5) is 0 Å². The van der Waals surface area contributed by atoms with Crippen molar-refractivity contribution in [2.75, 3.05) is 0 Å². The molecule has 1 heterocycles. The van der Waals surface area contributed by atoms with Crippen LogP contribution < -0.4 is 5.73 Å². The molecule has 0 saturated heterocycles. The molecular formula is C14H15N3. The number of nitrogens with two attached hydrogens (primary N) is 1. The van der Waals surface area contributed by atoms with Gasteiger partial charge in [0.15, 0.2) is 0 Å². The molecule has 3 rings (SSSR count). The number of benzene rings is 1. The fourth-order valence-electron chi connectivity index (χ4n) is 2.41. The first-order chi connectivity index (χ1) is 8.36. The highest BCUT2D eigenvalue weighted by atomic mass is 14.9. The van der Waals surface area contributed by atoms with Gasteiger partial charge in [0.05, 0.1) is 11.7 Å². The van der Waals surface area contributed by atoms with Crippen molar-refractivity contribution < 1.29 is 0 Å². The molecule has 0 radical (unpaired) electrons. The smallest absolute Gasteiger partial charge is 0.115 e. The van der Waals surface area contributed by atoms with Crippen LogP contribution in [0.15, 0.2) is 48.9 Å². The number of rotatable bonds is 3. The van der Waals surface area contributed by atoms with E-state index >= 15 is 0 Å². The fraction of sp³-hybridized carbons (Fsp3) is 0.286. The topological polar surface area (TPSA) is 51.8 Å². The average Bonchev–Trinajstić information content (AvgIpc) is 3.20. The van der Waals surface area contributed by atoms with Crippen molar-refractivity contribution in [2.24, 2.45) is 11.7 Å². The van der Waals surface area contributed by atoms with Gasteiger partial charge in [-0.15, -0.1) is 0 Å². The molecule has 3 heteroatoms. The van der Waals surface area contributed by atoms with Gasteiger partial charge in [-0.3, -0.25) is 0 Å². The maximum Gasteiger partial charge on any atom is 0.115 e. The molecule has 2 N–H and O–H groups in total. The van der Waals surface area contributed by atoms with E-state index in [4.69, 9.17) is 5.73 Å². The molecule has 1 aromatic carbocycles. The van der Waals surface area contributed by atoms with Gasteiger partial charge in [0, 0.05) is 6.20 Å². The van der Waals surface area contributed by atoms with E-state index in [1.165, 1.54) is 5.56 Å². The molecule has 17 heavy (non-hydrogen) atoms. The van der Waals surface area contributed by atoms with Gasteiger partial charge in [-0.2, -0.15) is 0 Å². The summed E-state index contributed by atoms with van der Waals surface area (Å²) in [5.41, 5.74) is 8.58. The molecule has 0 aliphatic heterocycles. The Morgan fingerprint density at radius 2 is 2.00 bits per heavy atom. The Hall–Kier alpha value is -1.74. The Kier molecular flexibility index (Phi) is 2.61. The minimum atomic E-state index is 0.0307. The van der Waals surface area contributed by atoms with Crippen LogP contribution in [0.25, 0.3) is 0 Å². The Morgan fingerprint density at radius 3 is 2.71 bits per heavy atom. The summed E-state index contributed by atoms with van der Waals surface area (Å²) < 4.78 is 0. The molecule has 2 aromatic rings. The van der Waals surface area contributed by atoms with Crippen LogP contribution in [-0.4, -0.2) is 9.97 Å². The number of nitrogens with zero attached hydrogens (tertiary/aromatic N) is 2. The van der Waals surface area contributed by atoms with Gasteiger partial charge >= 0.3 is 0 Å². The van der Waals surface area contributed by atoms with Gasteiger partial charge in [-0.05, 0) is 29.9 Å². The average molecular weight is 225 g/mol. The molecular weight excluding hydrogens is 210 g/mol. The maximum absolute atomic E-state index is 6.24. The highest BCUT2D eigenvalue weighted by molar-refractivity contribution is 5.28. The summed E-state index contributed by atoms with van der Waals surface area (Å²) in [5, 5.41) is 0. The first-order valence-corrected chi connectivity index (χ1v) is 5.92. The molecule has 1 aliphatic carbocycles. The second-order valence-corrected chi connectivity index (χ2v) is 4.58. The lowest BCUT2D eigenvalue weighted by molar-refractivity contribution is 0.597. The molecule has 1 fully saturated rings. The SMILES string of the molecule is NC(c1ccncn1)C1CC1c1ccccc1. The highest BCUT2D eigenvalue weighted by Crippen LogP contribution is 2.52. The Morgan fingerprint density at radius 1 is 1.18 bits per heavy atom. The summed E-state index contributed by atoms with van der Waals surface area (Å²) in [6.07, 6.45) is 4.48. The van der Waals surface area contributed by atoms with Gasteiger partial charge in [-0.25, -0.2) is 9.97 Å². The summed E-state index contributed by atoms with van der Waals surface area (Å²) in [4.78, 5) is 8.15. The van der Waals surface area contributed by atoms with E-state index in [9.17, 15) is 0 Å². The molecule has 1 aromatic heterocycles. The quantitative estimate of drug-likeness (QED) is 0.871. The standard InChI is InChI=1S/C14H15N3/c15-14(13-6-7-16-9-17-13)12-8-11(12)10-4-2-1-3-5-10/h1-7,9,11-12,14H,8,15H2. The summed E-state index contributed by atoms with van der Waals surface area (Å²) in [5.74, 6) is 1.12. The largest absolute Gasteiger partial charge is 0.322 e. The van der Waals surface area contributed by atoms with Crippen LogP contribution in [0.2, 0.25) is 0 Å². The minimum absolute atomic E-state index is 0.0307. The molecule has 3 nitrogen and oxygen atoms in total. The molecule has 1 saturated carbocycles. The zero-order valence-electron chi connectivity index (χ0n) is 9.53. The van der Waals surface area contributed by atoms with Gasteiger partial charge in [-0.1, -0.05) is 30.3 Å². The van der Waals surface area contributed by atoms with Crippen molar-refractivity contribution in [3.05, 3.63) is 60.2 Å². The Labute approximate surface area is 101 Å². The lowest BCUT2D eigenvalue weighted by atomic mass is 10.0. The monoisotopic (exact) mass is 225 g/mol. The number of aromatic nitrogens is 2. The van der Waals surface area contributed by atoms with E-state index in [1.807, 2.05) is 12.1 Å². The lowest BCUT2D eigenvalue weighted by Crippen LogP contribution is -2.15. The Bertz CT molecular complexity index is 483. The molecule has 1 aliphatic rings. The number of hydrogen-bond acceptors (Lipinski definition) is 3. The van der Waals surface area contributed by atoms with Gasteiger partial charge in [0.2, 0.25) is 0 Å². The maximum atomic E-state index is 6.24. The van der Waals surface area contributed by atoms with Crippen molar-refractivity contribution in [1.82, 2.24) is 9.97 Å².